The van der Waals surface area contributed by atoms with Gasteiger partial charge in [-0.05, 0) is 36.6 Å². The molecule has 0 aliphatic rings. The number of aryl methyl sites for hydroxylation is 1. The molecule has 2 aromatic carbocycles. The largest absolute Gasteiger partial charge is 0.484 e. The van der Waals surface area contributed by atoms with Crippen LogP contribution in [0.3, 0.4) is 0 Å². The second kappa shape index (κ2) is 8.73. The highest BCUT2D eigenvalue weighted by molar-refractivity contribution is 5.99. The van der Waals surface area contributed by atoms with Crippen LogP contribution < -0.4 is 10.2 Å². The van der Waals surface area contributed by atoms with Crippen LogP contribution in [-0.4, -0.2) is 18.2 Å². The van der Waals surface area contributed by atoms with E-state index in [0.717, 1.165) is 24.1 Å². The average molecular weight is 310 g/mol. The Morgan fingerprint density at radius 1 is 1.09 bits per heavy atom. The van der Waals surface area contributed by atoms with Crippen molar-refractivity contribution in [3.63, 3.8) is 0 Å². The number of carbonyl (C=O) groups is 1. The molecule has 0 spiro atoms. The fraction of sp³-hybridized carbons (Fsp3) is 0.263. The summed E-state index contributed by atoms with van der Waals surface area (Å²) in [6, 6.07) is 17.5. The number of rotatable bonds is 7. The van der Waals surface area contributed by atoms with Crippen LogP contribution in [0, 0.1) is 0 Å². The van der Waals surface area contributed by atoms with E-state index in [-0.39, 0.29) is 12.5 Å². The molecule has 1 amide bonds. The van der Waals surface area contributed by atoms with E-state index in [4.69, 9.17) is 4.74 Å². The van der Waals surface area contributed by atoms with Crippen molar-refractivity contribution in [3.8, 4) is 5.75 Å². The molecular formula is C19H22N2O2. The monoisotopic (exact) mass is 310 g/mol. The van der Waals surface area contributed by atoms with Gasteiger partial charge < -0.3 is 4.74 Å². The average Bonchev–Trinajstić information content (AvgIpc) is 2.60. The van der Waals surface area contributed by atoms with E-state index >= 15 is 0 Å². The minimum absolute atomic E-state index is 0.0569. The zero-order chi connectivity index (χ0) is 16.5. The first-order valence-corrected chi connectivity index (χ1v) is 7.79. The highest BCUT2D eigenvalue weighted by Gasteiger charge is 2.03. The van der Waals surface area contributed by atoms with Gasteiger partial charge in [-0.1, -0.05) is 55.8 Å². The van der Waals surface area contributed by atoms with Gasteiger partial charge in [-0.3, -0.25) is 4.79 Å². The van der Waals surface area contributed by atoms with E-state index in [1.54, 1.807) is 0 Å². The first-order valence-electron chi connectivity index (χ1n) is 7.79. The highest BCUT2D eigenvalue weighted by atomic mass is 16.5. The predicted octanol–water partition coefficient (Wildman–Crippen LogP) is 3.56. The molecule has 0 unspecified atom stereocenters. The van der Waals surface area contributed by atoms with Gasteiger partial charge in [0.25, 0.3) is 5.91 Å². The number of hydrazone groups is 1. The molecule has 23 heavy (non-hydrogen) atoms. The van der Waals surface area contributed by atoms with Gasteiger partial charge in [0.15, 0.2) is 6.61 Å². The lowest BCUT2D eigenvalue weighted by atomic mass is 10.1. The first-order chi connectivity index (χ1) is 11.2. The van der Waals surface area contributed by atoms with Crippen molar-refractivity contribution in [3.05, 3.63) is 65.7 Å². The Balaban J connectivity index is 1.81. The van der Waals surface area contributed by atoms with Crippen LogP contribution in [0.25, 0.3) is 0 Å². The van der Waals surface area contributed by atoms with Gasteiger partial charge in [-0.25, -0.2) is 5.43 Å². The van der Waals surface area contributed by atoms with Crippen LogP contribution in [0.1, 0.15) is 31.4 Å². The zero-order valence-corrected chi connectivity index (χ0v) is 13.6. The van der Waals surface area contributed by atoms with Crippen molar-refractivity contribution in [2.45, 2.75) is 26.7 Å². The summed E-state index contributed by atoms with van der Waals surface area (Å²) in [5.74, 6) is 0.404. The molecule has 0 saturated heterocycles. The topological polar surface area (TPSA) is 50.7 Å². The van der Waals surface area contributed by atoms with Gasteiger partial charge in [0.1, 0.15) is 5.75 Å². The smallest absolute Gasteiger partial charge is 0.277 e. The first kappa shape index (κ1) is 16.7. The number of hydrogen-bond donors (Lipinski definition) is 1. The number of benzene rings is 2. The molecule has 0 aromatic heterocycles. The lowest BCUT2D eigenvalue weighted by Crippen LogP contribution is -2.25. The molecule has 2 aromatic rings. The van der Waals surface area contributed by atoms with Crippen molar-refractivity contribution >= 4 is 11.6 Å². The standard InChI is InChI=1S/C19H22N2O2/c1-3-7-16-10-12-18(13-11-16)23-14-19(22)21-20-15(2)17-8-5-4-6-9-17/h4-6,8-13H,3,7,14H2,1-2H3,(H,21,22)/b20-15+. The van der Waals surface area contributed by atoms with Gasteiger partial charge in [-0.15, -0.1) is 0 Å². The summed E-state index contributed by atoms with van der Waals surface area (Å²) in [5.41, 5.74) is 5.50. The Hall–Kier alpha value is -2.62. The number of nitrogens with zero attached hydrogens (tertiary/aromatic N) is 1. The summed E-state index contributed by atoms with van der Waals surface area (Å²) in [4.78, 5) is 11.8. The van der Waals surface area contributed by atoms with Gasteiger partial charge in [0, 0.05) is 0 Å². The zero-order valence-electron chi connectivity index (χ0n) is 13.6. The van der Waals surface area contributed by atoms with E-state index in [9.17, 15) is 4.79 Å². The Morgan fingerprint density at radius 2 is 1.78 bits per heavy atom. The quantitative estimate of drug-likeness (QED) is 0.628. The van der Waals surface area contributed by atoms with Crippen LogP contribution in [-0.2, 0) is 11.2 Å². The molecule has 0 aliphatic carbocycles. The van der Waals surface area contributed by atoms with Gasteiger partial charge in [0.2, 0.25) is 0 Å². The molecule has 0 saturated carbocycles. The lowest BCUT2D eigenvalue weighted by Gasteiger charge is -2.07. The van der Waals surface area contributed by atoms with Crippen molar-refractivity contribution in [1.82, 2.24) is 5.43 Å². The van der Waals surface area contributed by atoms with E-state index < -0.39 is 0 Å². The van der Waals surface area contributed by atoms with Crippen LogP contribution >= 0.6 is 0 Å². The second-order valence-electron chi connectivity index (χ2n) is 5.28. The number of ether oxygens (including phenoxy) is 1. The summed E-state index contributed by atoms with van der Waals surface area (Å²) in [6.45, 7) is 3.94. The van der Waals surface area contributed by atoms with Crippen LogP contribution in [0.2, 0.25) is 0 Å². The van der Waals surface area contributed by atoms with Gasteiger partial charge in [-0.2, -0.15) is 5.10 Å². The fourth-order valence-electron chi connectivity index (χ4n) is 2.11. The van der Waals surface area contributed by atoms with Crippen molar-refractivity contribution < 1.29 is 9.53 Å². The second-order valence-corrected chi connectivity index (χ2v) is 5.28. The summed E-state index contributed by atoms with van der Waals surface area (Å²) >= 11 is 0. The van der Waals surface area contributed by atoms with Crippen molar-refractivity contribution in [2.24, 2.45) is 5.10 Å². The summed E-state index contributed by atoms with van der Waals surface area (Å²) in [5, 5.41) is 4.08. The molecule has 4 nitrogen and oxygen atoms in total. The van der Waals surface area contributed by atoms with Crippen molar-refractivity contribution in [1.29, 1.82) is 0 Å². The Bertz CT molecular complexity index is 649. The molecule has 0 atom stereocenters. The van der Waals surface area contributed by atoms with Crippen LogP contribution in [0.5, 0.6) is 5.75 Å². The van der Waals surface area contributed by atoms with Crippen LogP contribution in [0.15, 0.2) is 59.7 Å². The van der Waals surface area contributed by atoms with Gasteiger partial charge in [0.05, 0.1) is 5.71 Å². The summed E-state index contributed by atoms with van der Waals surface area (Å²) < 4.78 is 5.46. The molecule has 1 N–H and O–H groups in total. The molecule has 0 bridgehead atoms. The number of amides is 1. The molecule has 2 rings (SSSR count). The SMILES string of the molecule is CCCc1ccc(OCC(=O)N/N=C(\C)c2ccccc2)cc1. The normalized spacial score (nSPS) is 11.1. The molecule has 0 heterocycles. The van der Waals surface area contributed by atoms with E-state index in [1.807, 2.05) is 61.5 Å². The molecule has 0 aliphatic heterocycles. The highest BCUT2D eigenvalue weighted by Crippen LogP contribution is 2.13. The van der Waals surface area contributed by atoms with Gasteiger partial charge >= 0.3 is 0 Å². The van der Waals surface area contributed by atoms with Crippen molar-refractivity contribution in [2.75, 3.05) is 6.61 Å². The number of carbonyl (C=O) groups excluding carboxylic acids is 1. The summed E-state index contributed by atoms with van der Waals surface area (Å²) in [6.07, 6.45) is 2.16. The minimum atomic E-state index is -0.280. The third-order valence-electron chi connectivity index (χ3n) is 3.37. The molecule has 0 fully saturated rings. The Morgan fingerprint density at radius 3 is 2.43 bits per heavy atom. The number of hydrogen-bond acceptors (Lipinski definition) is 3. The molecule has 120 valence electrons. The lowest BCUT2D eigenvalue weighted by molar-refractivity contribution is -0.123. The van der Waals surface area contributed by atoms with E-state index in [0.29, 0.717) is 5.75 Å². The maximum atomic E-state index is 11.8. The Labute approximate surface area is 137 Å². The number of nitrogens with one attached hydrogen (secondary N) is 1. The molecular weight excluding hydrogens is 288 g/mol. The minimum Gasteiger partial charge on any atom is -0.484 e. The molecule has 4 heteroatoms. The van der Waals surface area contributed by atoms with E-state index in [1.165, 1.54) is 5.56 Å². The maximum Gasteiger partial charge on any atom is 0.277 e. The van der Waals surface area contributed by atoms with Crippen LogP contribution in [0.4, 0.5) is 0 Å². The fourth-order valence-corrected chi connectivity index (χ4v) is 2.11. The summed E-state index contributed by atoms with van der Waals surface area (Å²) in [7, 11) is 0. The maximum absolute atomic E-state index is 11.8. The predicted molar refractivity (Wildman–Crippen MR) is 92.7 cm³/mol. The van der Waals surface area contributed by atoms with E-state index in [2.05, 4.69) is 17.5 Å². The Kier molecular flexibility index (Phi) is 6.36. The third-order valence-corrected chi connectivity index (χ3v) is 3.37. The molecule has 0 radical (unpaired) electrons. The third kappa shape index (κ3) is 5.58.